The summed E-state index contributed by atoms with van der Waals surface area (Å²) in [5.74, 6) is 0. The lowest BCUT2D eigenvalue weighted by molar-refractivity contribution is 0.315. The standard InChI is InChI=1S/C15H24N2O2S/c1-12-5-6-14(13(16)11-12)20(18,19)17-9-4-7-15(2,3)8-10-17/h5-6,11H,4,7-10,16H2,1-3H3. The fraction of sp³-hybridized carbons (Fsp3) is 0.600. The van der Waals surface area contributed by atoms with Gasteiger partial charge >= 0.3 is 0 Å². The van der Waals surface area contributed by atoms with E-state index in [9.17, 15) is 8.42 Å². The number of nitrogens with zero attached hydrogens (tertiary/aromatic N) is 1. The van der Waals surface area contributed by atoms with Crippen LogP contribution in [0.2, 0.25) is 0 Å². The summed E-state index contributed by atoms with van der Waals surface area (Å²) < 4.78 is 27.0. The molecule has 2 rings (SSSR count). The number of hydrogen-bond acceptors (Lipinski definition) is 3. The van der Waals surface area contributed by atoms with Crippen LogP contribution in [0.1, 0.15) is 38.7 Å². The Morgan fingerprint density at radius 2 is 1.90 bits per heavy atom. The smallest absolute Gasteiger partial charge is 0.245 e. The Hall–Kier alpha value is -1.07. The molecule has 1 aromatic rings. The molecule has 0 amide bonds. The number of aryl methyl sites for hydroxylation is 1. The van der Waals surface area contributed by atoms with E-state index >= 15 is 0 Å². The van der Waals surface area contributed by atoms with Crippen molar-refractivity contribution in [2.45, 2.75) is 44.9 Å². The van der Waals surface area contributed by atoms with Gasteiger partial charge in [-0.2, -0.15) is 4.31 Å². The first-order valence-electron chi connectivity index (χ1n) is 7.09. The number of hydrogen-bond donors (Lipinski definition) is 1. The van der Waals surface area contributed by atoms with Crippen molar-refractivity contribution in [3.8, 4) is 0 Å². The Morgan fingerprint density at radius 1 is 1.20 bits per heavy atom. The zero-order valence-electron chi connectivity index (χ0n) is 12.5. The Morgan fingerprint density at radius 3 is 2.55 bits per heavy atom. The second kappa shape index (κ2) is 5.37. The molecule has 1 saturated heterocycles. The van der Waals surface area contributed by atoms with E-state index in [1.807, 2.05) is 6.92 Å². The molecule has 1 aromatic carbocycles. The molecule has 0 aliphatic carbocycles. The number of nitrogens with two attached hydrogens (primary N) is 1. The fourth-order valence-electron chi connectivity index (χ4n) is 2.68. The van der Waals surface area contributed by atoms with Crippen LogP contribution < -0.4 is 5.73 Å². The van der Waals surface area contributed by atoms with Gasteiger partial charge in [-0.15, -0.1) is 0 Å². The normalized spacial score (nSPS) is 20.6. The van der Waals surface area contributed by atoms with Gasteiger partial charge in [0, 0.05) is 13.1 Å². The van der Waals surface area contributed by atoms with Crippen LogP contribution in [0.25, 0.3) is 0 Å². The van der Waals surface area contributed by atoms with E-state index in [1.165, 1.54) is 0 Å². The predicted molar refractivity (Wildman–Crippen MR) is 82.0 cm³/mol. The number of nitrogen functional groups attached to an aromatic ring is 1. The third-order valence-corrected chi connectivity index (χ3v) is 6.05. The average molecular weight is 296 g/mol. The Bertz CT molecular complexity index is 594. The summed E-state index contributed by atoms with van der Waals surface area (Å²) >= 11 is 0. The summed E-state index contributed by atoms with van der Waals surface area (Å²) in [6.07, 6.45) is 2.85. The first-order chi connectivity index (χ1) is 9.22. The molecule has 2 N–H and O–H groups in total. The molecule has 1 heterocycles. The summed E-state index contributed by atoms with van der Waals surface area (Å²) in [6.45, 7) is 7.45. The van der Waals surface area contributed by atoms with E-state index < -0.39 is 10.0 Å². The molecule has 5 heteroatoms. The van der Waals surface area contributed by atoms with Crippen LogP contribution in [0.4, 0.5) is 5.69 Å². The van der Waals surface area contributed by atoms with E-state index in [2.05, 4.69) is 13.8 Å². The van der Waals surface area contributed by atoms with Crippen molar-refractivity contribution in [1.82, 2.24) is 4.31 Å². The van der Waals surface area contributed by atoms with Crippen molar-refractivity contribution in [1.29, 1.82) is 0 Å². The van der Waals surface area contributed by atoms with Crippen LogP contribution in [0.3, 0.4) is 0 Å². The fourth-order valence-corrected chi connectivity index (χ4v) is 4.26. The Kier molecular flexibility index (Phi) is 4.12. The monoisotopic (exact) mass is 296 g/mol. The first kappa shape index (κ1) is 15.3. The summed E-state index contributed by atoms with van der Waals surface area (Å²) in [7, 11) is -3.47. The number of sulfonamides is 1. The average Bonchev–Trinajstić information content (AvgIpc) is 2.50. The third-order valence-electron chi connectivity index (χ3n) is 4.08. The van der Waals surface area contributed by atoms with Gasteiger partial charge in [-0.1, -0.05) is 19.9 Å². The minimum absolute atomic E-state index is 0.211. The number of anilines is 1. The molecule has 112 valence electrons. The SMILES string of the molecule is Cc1ccc(S(=O)(=O)N2CCCC(C)(C)CC2)c(N)c1. The zero-order chi connectivity index (χ0) is 15.0. The molecule has 0 unspecified atom stereocenters. The lowest BCUT2D eigenvalue weighted by Crippen LogP contribution is -2.33. The highest BCUT2D eigenvalue weighted by molar-refractivity contribution is 7.89. The summed E-state index contributed by atoms with van der Waals surface area (Å²) in [6, 6.07) is 5.13. The van der Waals surface area contributed by atoms with Crippen LogP contribution in [0, 0.1) is 12.3 Å². The van der Waals surface area contributed by atoms with Crippen molar-refractivity contribution in [3.05, 3.63) is 23.8 Å². The van der Waals surface area contributed by atoms with E-state index in [0.717, 1.165) is 24.8 Å². The minimum atomic E-state index is -3.47. The highest BCUT2D eigenvalue weighted by Crippen LogP contribution is 2.32. The molecule has 0 bridgehead atoms. The van der Waals surface area contributed by atoms with Crippen LogP contribution in [0.15, 0.2) is 23.1 Å². The molecule has 1 fully saturated rings. The van der Waals surface area contributed by atoms with Gasteiger partial charge in [0.25, 0.3) is 0 Å². The molecular weight excluding hydrogens is 272 g/mol. The van der Waals surface area contributed by atoms with Crippen LogP contribution in [0.5, 0.6) is 0 Å². The molecular formula is C15H24N2O2S. The topological polar surface area (TPSA) is 63.4 Å². The summed E-state index contributed by atoms with van der Waals surface area (Å²) in [5, 5.41) is 0. The summed E-state index contributed by atoms with van der Waals surface area (Å²) in [5.41, 5.74) is 7.42. The molecule has 0 spiro atoms. The van der Waals surface area contributed by atoms with Gasteiger partial charge in [0.2, 0.25) is 10.0 Å². The van der Waals surface area contributed by atoms with Gasteiger partial charge < -0.3 is 5.73 Å². The highest BCUT2D eigenvalue weighted by Gasteiger charge is 2.31. The van der Waals surface area contributed by atoms with Gasteiger partial charge in [0.05, 0.1) is 5.69 Å². The molecule has 20 heavy (non-hydrogen) atoms. The maximum atomic E-state index is 12.7. The van der Waals surface area contributed by atoms with Gasteiger partial charge in [0.1, 0.15) is 4.90 Å². The molecule has 0 aromatic heterocycles. The van der Waals surface area contributed by atoms with E-state index in [-0.39, 0.29) is 10.3 Å². The molecule has 0 radical (unpaired) electrons. The van der Waals surface area contributed by atoms with Gasteiger partial charge in [-0.05, 0) is 49.3 Å². The number of benzene rings is 1. The zero-order valence-corrected chi connectivity index (χ0v) is 13.3. The van der Waals surface area contributed by atoms with Crippen molar-refractivity contribution in [2.75, 3.05) is 18.8 Å². The molecule has 1 aliphatic heterocycles. The van der Waals surface area contributed by atoms with E-state index in [1.54, 1.807) is 22.5 Å². The van der Waals surface area contributed by atoms with E-state index in [4.69, 9.17) is 5.73 Å². The molecule has 1 aliphatic rings. The van der Waals surface area contributed by atoms with Gasteiger partial charge in [0.15, 0.2) is 0 Å². The quantitative estimate of drug-likeness (QED) is 0.854. The summed E-state index contributed by atoms with van der Waals surface area (Å²) in [4.78, 5) is 0.239. The maximum Gasteiger partial charge on any atom is 0.245 e. The van der Waals surface area contributed by atoms with Crippen LogP contribution >= 0.6 is 0 Å². The van der Waals surface area contributed by atoms with Crippen molar-refractivity contribution in [2.24, 2.45) is 5.41 Å². The Labute approximate surface area is 122 Å². The maximum absolute atomic E-state index is 12.7. The van der Waals surface area contributed by atoms with Crippen molar-refractivity contribution >= 4 is 15.7 Å². The second-order valence-corrected chi connectivity index (χ2v) is 8.37. The van der Waals surface area contributed by atoms with Crippen LogP contribution in [-0.4, -0.2) is 25.8 Å². The molecule has 0 saturated carbocycles. The Balaban J connectivity index is 2.30. The van der Waals surface area contributed by atoms with Gasteiger partial charge in [-0.25, -0.2) is 8.42 Å². The largest absolute Gasteiger partial charge is 0.398 e. The minimum Gasteiger partial charge on any atom is -0.398 e. The number of rotatable bonds is 2. The van der Waals surface area contributed by atoms with Crippen molar-refractivity contribution in [3.63, 3.8) is 0 Å². The third kappa shape index (κ3) is 3.15. The predicted octanol–water partition coefficient (Wildman–Crippen LogP) is 2.78. The first-order valence-corrected chi connectivity index (χ1v) is 8.53. The molecule has 4 nitrogen and oxygen atoms in total. The lowest BCUT2D eigenvalue weighted by atomic mass is 9.85. The lowest BCUT2D eigenvalue weighted by Gasteiger charge is -2.23. The highest BCUT2D eigenvalue weighted by atomic mass is 32.2. The van der Waals surface area contributed by atoms with Crippen molar-refractivity contribution < 1.29 is 8.42 Å². The van der Waals surface area contributed by atoms with Crippen LogP contribution in [-0.2, 0) is 10.0 Å². The van der Waals surface area contributed by atoms with Gasteiger partial charge in [-0.3, -0.25) is 0 Å². The molecule has 0 atom stereocenters. The second-order valence-electron chi connectivity index (χ2n) is 6.46. The van der Waals surface area contributed by atoms with E-state index in [0.29, 0.717) is 18.8 Å².